The Bertz CT molecular complexity index is 725. The van der Waals surface area contributed by atoms with Crippen molar-refractivity contribution in [1.82, 2.24) is 10.2 Å². The topological polar surface area (TPSA) is 69.6 Å². The van der Waals surface area contributed by atoms with Crippen LogP contribution in [0.4, 0.5) is 4.39 Å². The lowest BCUT2D eigenvalue weighted by molar-refractivity contribution is -0.134. The highest BCUT2D eigenvalue weighted by Gasteiger charge is 2.53. The van der Waals surface area contributed by atoms with Crippen molar-refractivity contribution in [3.8, 4) is 0 Å². The van der Waals surface area contributed by atoms with Gasteiger partial charge >= 0.3 is 0 Å². The smallest absolute Gasteiger partial charge is 0.220 e. The third-order valence-electron chi connectivity index (χ3n) is 6.61. The number of aliphatic hydroxyl groups excluding tert-OH is 1. The Kier molecular flexibility index (Phi) is 6.38. The van der Waals surface area contributed by atoms with E-state index in [0.717, 1.165) is 25.7 Å². The predicted molar refractivity (Wildman–Crippen MR) is 105 cm³/mol. The highest BCUT2D eigenvalue weighted by Crippen LogP contribution is 2.48. The molecule has 2 fully saturated rings. The van der Waals surface area contributed by atoms with Crippen LogP contribution in [0.1, 0.15) is 57.9 Å². The molecule has 0 unspecified atom stereocenters. The van der Waals surface area contributed by atoms with Gasteiger partial charge in [0.05, 0.1) is 12.1 Å². The van der Waals surface area contributed by atoms with E-state index in [1.807, 2.05) is 4.90 Å². The SMILES string of the molecule is CC(=O)N1[C@@H](CNC(=O)CCc2ccccc2F)C[C@@]2(C)[C@@H](O)CCCC[C@@H]12. The molecule has 1 aliphatic carbocycles. The zero-order valence-electron chi connectivity index (χ0n) is 16.8. The lowest BCUT2D eigenvalue weighted by atomic mass is 9.75. The molecule has 1 aromatic rings. The fourth-order valence-electron chi connectivity index (χ4n) is 5.06. The number of nitrogens with one attached hydrogen (secondary N) is 1. The van der Waals surface area contributed by atoms with Crippen LogP contribution in [0.15, 0.2) is 24.3 Å². The fraction of sp³-hybridized carbons (Fsp3) is 0.636. The lowest BCUT2D eigenvalue weighted by Crippen LogP contribution is -2.48. The van der Waals surface area contributed by atoms with Crippen molar-refractivity contribution >= 4 is 11.8 Å². The Morgan fingerprint density at radius 2 is 2.00 bits per heavy atom. The largest absolute Gasteiger partial charge is 0.392 e. The Morgan fingerprint density at radius 1 is 1.29 bits per heavy atom. The van der Waals surface area contributed by atoms with E-state index in [1.54, 1.807) is 25.1 Å². The maximum absolute atomic E-state index is 13.7. The van der Waals surface area contributed by atoms with E-state index in [9.17, 15) is 19.1 Å². The zero-order valence-corrected chi connectivity index (χ0v) is 16.8. The van der Waals surface area contributed by atoms with Gasteiger partial charge in [-0.3, -0.25) is 9.59 Å². The van der Waals surface area contributed by atoms with Gasteiger partial charge in [0.15, 0.2) is 0 Å². The molecule has 1 saturated heterocycles. The molecule has 3 rings (SSSR count). The van der Waals surface area contributed by atoms with Gasteiger partial charge in [-0.2, -0.15) is 0 Å². The summed E-state index contributed by atoms with van der Waals surface area (Å²) < 4.78 is 13.7. The number of benzene rings is 1. The van der Waals surface area contributed by atoms with Crippen molar-refractivity contribution in [3.05, 3.63) is 35.6 Å². The van der Waals surface area contributed by atoms with Gasteiger partial charge in [-0.25, -0.2) is 4.39 Å². The average Bonchev–Trinajstić information content (AvgIpc) is 2.88. The first-order valence-electron chi connectivity index (χ1n) is 10.3. The van der Waals surface area contributed by atoms with Crippen LogP contribution in [0.5, 0.6) is 0 Å². The maximum atomic E-state index is 13.7. The first kappa shape index (κ1) is 20.8. The van der Waals surface area contributed by atoms with Crippen LogP contribution in [0.3, 0.4) is 0 Å². The average molecular weight is 390 g/mol. The zero-order chi connectivity index (χ0) is 20.3. The normalized spacial score (nSPS) is 29.9. The Morgan fingerprint density at radius 3 is 2.71 bits per heavy atom. The molecule has 1 saturated carbocycles. The molecule has 0 bridgehead atoms. The minimum absolute atomic E-state index is 0.00608. The molecule has 4 atom stereocenters. The first-order valence-corrected chi connectivity index (χ1v) is 10.3. The third-order valence-corrected chi connectivity index (χ3v) is 6.61. The van der Waals surface area contributed by atoms with Gasteiger partial charge in [-0.1, -0.05) is 38.0 Å². The summed E-state index contributed by atoms with van der Waals surface area (Å²) in [6.07, 6.45) is 4.45. The molecule has 5 nitrogen and oxygen atoms in total. The van der Waals surface area contributed by atoms with Gasteiger partial charge in [-0.05, 0) is 37.3 Å². The Hall–Kier alpha value is -1.95. The van der Waals surface area contributed by atoms with Gasteiger partial charge in [0.2, 0.25) is 11.8 Å². The number of aryl methyl sites for hydroxylation is 1. The Labute approximate surface area is 166 Å². The number of hydrogen-bond donors (Lipinski definition) is 2. The summed E-state index contributed by atoms with van der Waals surface area (Å²) in [7, 11) is 0. The van der Waals surface area contributed by atoms with Crippen LogP contribution in [0.25, 0.3) is 0 Å². The van der Waals surface area contributed by atoms with Crippen LogP contribution < -0.4 is 5.32 Å². The molecule has 0 spiro atoms. The summed E-state index contributed by atoms with van der Waals surface area (Å²) in [5, 5.41) is 13.6. The summed E-state index contributed by atoms with van der Waals surface area (Å²) in [4.78, 5) is 26.5. The van der Waals surface area contributed by atoms with Crippen molar-refractivity contribution < 1.29 is 19.1 Å². The van der Waals surface area contributed by atoms with E-state index in [-0.39, 0.29) is 41.6 Å². The van der Waals surface area contributed by atoms with E-state index < -0.39 is 6.10 Å². The highest BCUT2D eigenvalue weighted by atomic mass is 19.1. The van der Waals surface area contributed by atoms with Gasteiger partial charge in [0, 0.05) is 31.3 Å². The maximum Gasteiger partial charge on any atom is 0.220 e. The molecule has 1 heterocycles. The third kappa shape index (κ3) is 4.22. The van der Waals surface area contributed by atoms with E-state index in [0.29, 0.717) is 24.9 Å². The number of rotatable bonds is 5. The second kappa shape index (κ2) is 8.60. The minimum Gasteiger partial charge on any atom is -0.392 e. The summed E-state index contributed by atoms with van der Waals surface area (Å²) in [6, 6.07) is 6.38. The monoisotopic (exact) mass is 390 g/mol. The molecular weight excluding hydrogens is 359 g/mol. The summed E-state index contributed by atoms with van der Waals surface area (Å²) >= 11 is 0. The molecular formula is C22H31FN2O3. The summed E-state index contributed by atoms with van der Waals surface area (Å²) in [5.74, 6) is -0.450. The molecule has 2 amide bonds. The number of fused-ring (bicyclic) bond motifs is 1. The number of hydrogen-bond acceptors (Lipinski definition) is 3. The molecule has 1 aliphatic heterocycles. The van der Waals surface area contributed by atoms with Crippen LogP contribution in [-0.2, 0) is 16.0 Å². The molecule has 154 valence electrons. The van der Waals surface area contributed by atoms with E-state index in [1.165, 1.54) is 6.07 Å². The predicted octanol–water partition coefficient (Wildman–Crippen LogP) is 2.81. The molecule has 2 aliphatic rings. The number of carbonyl (C=O) groups excluding carboxylic acids is 2. The molecule has 6 heteroatoms. The molecule has 28 heavy (non-hydrogen) atoms. The second-order valence-electron chi connectivity index (χ2n) is 8.50. The van der Waals surface area contributed by atoms with Crippen molar-refractivity contribution in [2.24, 2.45) is 5.41 Å². The number of aliphatic hydroxyl groups is 1. The first-order chi connectivity index (χ1) is 13.3. The van der Waals surface area contributed by atoms with Gasteiger partial charge in [-0.15, -0.1) is 0 Å². The number of amides is 2. The highest BCUT2D eigenvalue weighted by molar-refractivity contribution is 5.77. The van der Waals surface area contributed by atoms with Gasteiger partial charge in [0.1, 0.15) is 5.82 Å². The quantitative estimate of drug-likeness (QED) is 0.812. The van der Waals surface area contributed by atoms with Crippen LogP contribution in [-0.4, -0.2) is 46.6 Å². The molecule has 0 radical (unpaired) electrons. The van der Waals surface area contributed by atoms with Crippen molar-refractivity contribution in [1.29, 1.82) is 0 Å². The van der Waals surface area contributed by atoms with E-state index >= 15 is 0 Å². The standard InChI is InChI=1S/C22H31FN2O3/c1-15(26)25-17(13-22(2)19(25)9-5-6-10-20(22)27)14-24-21(28)12-11-16-7-3-4-8-18(16)23/h3-4,7-8,17,19-20,27H,5-6,9-14H2,1-2H3,(H,24,28)/t17-,19-,20+,22-/m1/s1. The fourth-order valence-corrected chi connectivity index (χ4v) is 5.06. The van der Waals surface area contributed by atoms with Crippen molar-refractivity contribution in [2.45, 2.75) is 77.0 Å². The van der Waals surface area contributed by atoms with Crippen LogP contribution in [0.2, 0.25) is 0 Å². The summed E-state index contributed by atoms with van der Waals surface area (Å²) in [5.41, 5.74) is 0.201. The van der Waals surface area contributed by atoms with Gasteiger partial charge < -0.3 is 15.3 Å². The van der Waals surface area contributed by atoms with E-state index in [4.69, 9.17) is 0 Å². The molecule has 2 N–H and O–H groups in total. The Balaban J connectivity index is 1.60. The molecule has 0 aromatic heterocycles. The minimum atomic E-state index is -0.427. The number of likely N-dealkylation sites (tertiary alicyclic amines) is 1. The van der Waals surface area contributed by atoms with Crippen molar-refractivity contribution in [3.63, 3.8) is 0 Å². The van der Waals surface area contributed by atoms with Crippen molar-refractivity contribution in [2.75, 3.05) is 6.54 Å². The number of halogens is 1. The van der Waals surface area contributed by atoms with Crippen LogP contribution >= 0.6 is 0 Å². The second-order valence-corrected chi connectivity index (χ2v) is 8.50. The lowest BCUT2D eigenvalue weighted by Gasteiger charge is -2.37. The van der Waals surface area contributed by atoms with E-state index in [2.05, 4.69) is 12.2 Å². The van der Waals surface area contributed by atoms with Crippen LogP contribution in [0, 0.1) is 11.2 Å². The number of carbonyl (C=O) groups is 2. The number of nitrogens with zero attached hydrogens (tertiary/aromatic N) is 1. The summed E-state index contributed by atoms with van der Waals surface area (Å²) in [6.45, 7) is 4.01. The van der Waals surface area contributed by atoms with Gasteiger partial charge in [0.25, 0.3) is 0 Å². The molecule has 1 aromatic carbocycles.